The normalized spacial score (nSPS) is 30.2. The Hall–Kier alpha value is -0.860. The lowest BCUT2D eigenvalue weighted by molar-refractivity contribution is -0.105. The summed E-state index contributed by atoms with van der Waals surface area (Å²) in [5.74, 6) is 0.664. The topological polar surface area (TPSA) is 40.5 Å². The van der Waals surface area contributed by atoms with Crippen LogP contribution in [0.15, 0.2) is 18.2 Å². The van der Waals surface area contributed by atoms with Crippen molar-refractivity contribution >= 4 is 0 Å². The fraction of sp³-hybridized carbons (Fsp3) is 0.625. The highest BCUT2D eigenvalue weighted by atomic mass is 16.3. The first-order valence-corrected chi connectivity index (χ1v) is 6.90. The van der Waals surface area contributed by atoms with Gasteiger partial charge in [0.1, 0.15) is 6.10 Å². The van der Waals surface area contributed by atoms with Gasteiger partial charge in [0.15, 0.2) is 0 Å². The number of aryl methyl sites for hydroxylation is 2. The van der Waals surface area contributed by atoms with Crippen LogP contribution in [0.2, 0.25) is 0 Å². The second-order valence-corrected chi connectivity index (χ2v) is 6.03. The third-order valence-electron chi connectivity index (χ3n) is 4.50. The van der Waals surface area contributed by atoms with Crippen molar-refractivity contribution in [1.29, 1.82) is 0 Å². The van der Waals surface area contributed by atoms with Gasteiger partial charge in [0.05, 0.1) is 5.60 Å². The number of aliphatic hydroxyl groups excluding tert-OH is 1. The summed E-state index contributed by atoms with van der Waals surface area (Å²) in [5.41, 5.74) is 2.29. The zero-order valence-electron chi connectivity index (χ0n) is 11.6. The highest BCUT2D eigenvalue weighted by Gasteiger charge is 2.39. The summed E-state index contributed by atoms with van der Waals surface area (Å²) in [4.78, 5) is 0. The third kappa shape index (κ3) is 2.60. The highest BCUT2D eigenvalue weighted by Crippen LogP contribution is 2.40. The van der Waals surface area contributed by atoms with Crippen molar-refractivity contribution in [3.05, 3.63) is 34.9 Å². The van der Waals surface area contributed by atoms with E-state index < -0.39 is 11.7 Å². The molecule has 2 N–H and O–H groups in total. The van der Waals surface area contributed by atoms with E-state index in [9.17, 15) is 10.2 Å². The average molecular weight is 248 g/mol. The Labute approximate surface area is 110 Å². The van der Waals surface area contributed by atoms with Crippen molar-refractivity contribution in [3.8, 4) is 0 Å². The molecule has 100 valence electrons. The van der Waals surface area contributed by atoms with Gasteiger partial charge in [0.2, 0.25) is 0 Å². The standard InChI is InChI=1S/C16H24O2/c1-11-6-8-16(18,9-7-11)15(17)14-5-4-12(2)13(3)10-14/h4-5,10-11,15,17-18H,6-9H2,1-3H3. The van der Waals surface area contributed by atoms with Crippen LogP contribution in [0.25, 0.3) is 0 Å². The van der Waals surface area contributed by atoms with E-state index in [4.69, 9.17) is 0 Å². The molecule has 1 atom stereocenters. The molecule has 1 aliphatic carbocycles. The predicted molar refractivity (Wildman–Crippen MR) is 73.5 cm³/mol. The van der Waals surface area contributed by atoms with E-state index in [2.05, 4.69) is 13.8 Å². The molecule has 0 aliphatic heterocycles. The maximum atomic E-state index is 10.6. The van der Waals surface area contributed by atoms with Gasteiger partial charge < -0.3 is 10.2 Å². The second kappa shape index (κ2) is 5.02. The van der Waals surface area contributed by atoms with Gasteiger partial charge in [-0.2, -0.15) is 0 Å². The first kappa shape index (κ1) is 13.6. The number of hydrogen-bond acceptors (Lipinski definition) is 2. The van der Waals surface area contributed by atoms with Gasteiger partial charge in [-0.3, -0.25) is 0 Å². The molecule has 0 aromatic heterocycles. The molecule has 18 heavy (non-hydrogen) atoms. The van der Waals surface area contributed by atoms with Gasteiger partial charge in [-0.25, -0.2) is 0 Å². The summed E-state index contributed by atoms with van der Waals surface area (Å²) >= 11 is 0. The second-order valence-electron chi connectivity index (χ2n) is 6.03. The van der Waals surface area contributed by atoms with Gasteiger partial charge in [-0.15, -0.1) is 0 Å². The van der Waals surface area contributed by atoms with Crippen LogP contribution in [-0.4, -0.2) is 15.8 Å². The quantitative estimate of drug-likeness (QED) is 0.843. The minimum absolute atomic E-state index is 0.664. The molecule has 2 rings (SSSR count). The lowest BCUT2D eigenvalue weighted by Gasteiger charge is -2.38. The molecule has 0 spiro atoms. The summed E-state index contributed by atoms with van der Waals surface area (Å²) < 4.78 is 0. The smallest absolute Gasteiger partial charge is 0.108 e. The van der Waals surface area contributed by atoms with E-state index in [1.165, 1.54) is 11.1 Å². The Morgan fingerprint density at radius 2 is 1.78 bits per heavy atom. The molecular formula is C16H24O2. The van der Waals surface area contributed by atoms with Crippen molar-refractivity contribution in [2.75, 3.05) is 0 Å². The molecule has 1 saturated carbocycles. The van der Waals surface area contributed by atoms with Crippen molar-refractivity contribution in [2.45, 2.75) is 58.2 Å². The first-order valence-electron chi connectivity index (χ1n) is 6.90. The SMILES string of the molecule is Cc1ccc(C(O)C2(O)CCC(C)CC2)cc1C. The van der Waals surface area contributed by atoms with Crippen LogP contribution < -0.4 is 0 Å². The number of benzene rings is 1. The molecule has 1 aliphatic rings. The van der Waals surface area contributed by atoms with Crippen LogP contribution in [-0.2, 0) is 0 Å². The number of aliphatic hydroxyl groups is 2. The van der Waals surface area contributed by atoms with Crippen LogP contribution in [0, 0.1) is 19.8 Å². The van der Waals surface area contributed by atoms with Gasteiger partial charge in [0, 0.05) is 0 Å². The van der Waals surface area contributed by atoms with Crippen LogP contribution in [0.5, 0.6) is 0 Å². The van der Waals surface area contributed by atoms with Crippen LogP contribution >= 0.6 is 0 Å². The van der Waals surface area contributed by atoms with Crippen LogP contribution in [0.1, 0.15) is 55.4 Å². The molecule has 2 heteroatoms. The molecule has 1 aromatic rings. The van der Waals surface area contributed by atoms with Crippen molar-refractivity contribution in [3.63, 3.8) is 0 Å². The zero-order valence-corrected chi connectivity index (χ0v) is 11.6. The van der Waals surface area contributed by atoms with Gasteiger partial charge in [-0.1, -0.05) is 25.1 Å². The number of rotatable bonds is 2. The van der Waals surface area contributed by atoms with E-state index in [-0.39, 0.29) is 0 Å². The minimum atomic E-state index is -0.936. The molecule has 1 aromatic carbocycles. The Morgan fingerprint density at radius 1 is 1.17 bits per heavy atom. The van der Waals surface area contributed by atoms with Crippen LogP contribution in [0.4, 0.5) is 0 Å². The molecule has 0 heterocycles. The number of hydrogen-bond donors (Lipinski definition) is 2. The third-order valence-corrected chi connectivity index (χ3v) is 4.50. The molecule has 1 unspecified atom stereocenters. The summed E-state index contributed by atoms with van der Waals surface area (Å²) in [6.07, 6.45) is 2.63. The van der Waals surface area contributed by atoms with E-state index in [1.54, 1.807) is 0 Å². The van der Waals surface area contributed by atoms with E-state index in [0.29, 0.717) is 18.8 Å². The zero-order chi connectivity index (χ0) is 13.3. The van der Waals surface area contributed by atoms with Gasteiger partial charge in [-0.05, 0) is 62.1 Å². The molecule has 2 nitrogen and oxygen atoms in total. The van der Waals surface area contributed by atoms with Gasteiger partial charge in [0.25, 0.3) is 0 Å². The predicted octanol–water partition coefficient (Wildman–Crippen LogP) is 3.28. The van der Waals surface area contributed by atoms with Crippen molar-refractivity contribution in [2.24, 2.45) is 5.92 Å². The Kier molecular flexibility index (Phi) is 3.79. The average Bonchev–Trinajstić information content (AvgIpc) is 2.36. The van der Waals surface area contributed by atoms with E-state index in [1.807, 2.05) is 25.1 Å². The first-order chi connectivity index (χ1) is 8.42. The van der Waals surface area contributed by atoms with Crippen molar-refractivity contribution in [1.82, 2.24) is 0 Å². The lowest BCUT2D eigenvalue weighted by Crippen LogP contribution is -2.39. The largest absolute Gasteiger partial charge is 0.387 e. The Balaban J connectivity index is 2.19. The monoisotopic (exact) mass is 248 g/mol. The van der Waals surface area contributed by atoms with Gasteiger partial charge >= 0.3 is 0 Å². The fourth-order valence-electron chi connectivity index (χ4n) is 2.78. The van der Waals surface area contributed by atoms with E-state index >= 15 is 0 Å². The van der Waals surface area contributed by atoms with Crippen molar-refractivity contribution < 1.29 is 10.2 Å². The maximum absolute atomic E-state index is 10.6. The van der Waals surface area contributed by atoms with Crippen LogP contribution in [0.3, 0.4) is 0 Å². The molecule has 0 amide bonds. The Bertz CT molecular complexity index is 417. The fourth-order valence-corrected chi connectivity index (χ4v) is 2.78. The summed E-state index contributed by atoms with van der Waals surface area (Å²) in [5, 5.41) is 21.1. The highest BCUT2D eigenvalue weighted by molar-refractivity contribution is 5.32. The molecular weight excluding hydrogens is 224 g/mol. The lowest BCUT2D eigenvalue weighted by atomic mass is 9.75. The molecule has 0 bridgehead atoms. The summed E-state index contributed by atoms with van der Waals surface area (Å²) in [7, 11) is 0. The maximum Gasteiger partial charge on any atom is 0.108 e. The Morgan fingerprint density at radius 3 is 2.33 bits per heavy atom. The summed E-state index contributed by atoms with van der Waals surface area (Å²) in [6.45, 7) is 6.31. The molecule has 0 saturated heterocycles. The summed E-state index contributed by atoms with van der Waals surface area (Å²) in [6, 6.07) is 5.95. The molecule has 1 fully saturated rings. The van der Waals surface area contributed by atoms with E-state index in [0.717, 1.165) is 18.4 Å². The minimum Gasteiger partial charge on any atom is -0.387 e. The molecule has 0 radical (unpaired) electrons.